The van der Waals surface area contributed by atoms with Gasteiger partial charge in [-0.25, -0.2) is 4.79 Å². The van der Waals surface area contributed by atoms with E-state index < -0.39 is 11.9 Å². The Morgan fingerprint density at radius 1 is 1.19 bits per heavy atom. The lowest BCUT2D eigenvalue weighted by molar-refractivity contribution is -0.115. The summed E-state index contributed by atoms with van der Waals surface area (Å²) in [5, 5.41) is 14.3. The molecular weight excluding hydrogens is 500 g/mol. The van der Waals surface area contributed by atoms with Crippen molar-refractivity contribution >= 4 is 72.8 Å². The van der Waals surface area contributed by atoms with Gasteiger partial charge in [0.15, 0.2) is 5.11 Å². The zero-order chi connectivity index (χ0) is 20.0. The average Bonchev–Trinajstić information content (AvgIpc) is 2.60. The number of carbonyl (C=O) groups is 2. The first-order chi connectivity index (χ1) is 12.8. The van der Waals surface area contributed by atoms with Crippen LogP contribution >= 0.6 is 44.1 Å². The van der Waals surface area contributed by atoms with Gasteiger partial charge in [0, 0.05) is 21.8 Å². The predicted molar refractivity (Wildman–Crippen MR) is 115 cm³/mol. The maximum Gasteiger partial charge on any atom is 0.335 e. The number of benzene rings is 2. The van der Waals surface area contributed by atoms with Gasteiger partial charge in [0.05, 0.1) is 17.1 Å². The van der Waals surface area contributed by atoms with Gasteiger partial charge in [0.25, 0.3) is 0 Å². The van der Waals surface area contributed by atoms with E-state index in [2.05, 4.69) is 42.5 Å². The lowest BCUT2D eigenvalue weighted by Crippen LogP contribution is -2.32. The maximum absolute atomic E-state index is 12.1. The fraction of sp³-hybridized carbons (Fsp3) is 0.0556. The molecule has 140 valence electrons. The zero-order valence-corrected chi connectivity index (χ0v) is 17.9. The second-order valence-electron chi connectivity index (χ2n) is 5.17. The molecule has 1 amide bonds. The van der Waals surface area contributed by atoms with Crippen molar-refractivity contribution in [2.24, 2.45) is 0 Å². The quantitative estimate of drug-likeness (QED) is 0.404. The third kappa shape index (κ3) is 6.16. The van der Waals surface area contributed by atoms with Crippen molar-refractivity contribution in [3.05, 3.63) is 62.5 Å². The first-order valence-corrected chi connectivity index (χ1v) is 9.46. The summed E-state index contributed by atoms with van der Waals surface area (Å²) in [6.45, 7) is 0. The van der Waals surface area contributed by atoms with Crippen LogP contribution in [0.15, 0.2) is 51.4 Å². The highest BCUT2D eigenvalue weighted by molar-refractivity contribution is 9.11. The number of anilines is 1. The molecule has 0 fully saturated rings. The molecule has 0 saturated heterocycles. The van der Waals surface area contributed by atoms with Crippen LogP contribution < -0.4 is 15.4 Å². The van der Waals surface area contributed by atoms with E-state index in [1.54, 1.807) is 25.3 Å². The molecule has 0 atom stereocenters. The molecule has 6 nitrogen and oxygen atoms in total. The summed E-state index contributed by atoms with van der Waals surface area (Å²) in [6.07, 6.45) is 2.94. The third-order valence-corrected chi connectivity index (χ3v) is 4.53. The number of amides is 1. The Kier molecular flexibility index (Phi) is 7.52. The van der Waals surface area contributed by atoms with Crippen LogP contribution in [-0.2, 0) is 4.79 Å². The first kappa shape index (κ1) is 21.1. The number of ether oxygens (including phenoxy) is 1. The first-order valence-electron chi connectivity index (χ1n) is 7.46. The number of hydrogen-bond donors (Lipinski definition) is 3. The normalized spacial score (nSPS) is 10.5. The Morgan fingerprint density at radius 3 is 2.44 bits per heavy atom. The van der Waals surface area contributed by atoms with Crippen LogP contribution in [0, 0.1) is 0 Å². The summed E-state index contributed by atoms with van der Waals surface area (Å²) in [4.78, 5) is 22.9. The summed E-state index contributed by atoms with van der Waals surface area (Å²) in [6, 6.07) is 9.64. The minimum atomic E-state index is -1.02. The number of rotatable bonds is 5. The van der Waals surface area contributed by atoms with Crippen LogP contribution in [0.4, 0.5) is 5.69 Å². The molecule has 0 aliphatic heterocycles. The standard InChI is InChI=1S/C18H14Br2N2O4S/c1-26-16-11(8-12(19)9-14(16)20)4-7-15(23)22-18(27)21-13-5-2-10(3-6-13)17(24)25/h2-9H,1H3,(H,24,25)(H2,21,22,23,27). The van der Waals surface area contributed by atoms with Gasteiger partial charge in [-0.2, -0.15) is 0 Å². The molecule has 0 unspecified atom stereocenters. The van der Waals surface area contributed by atoms with E-state index >= 15 is 0 Å². The monoisotopic (exact) mass is 512 g/mol. The lowest BCUT2D eigenvalue weighted by Gasteiger charge is -2.09. The van der Waals surface area contributed by atoms with Crippen LogP contribution in [0.1, 0.15) is 15.9 Å². The minimum Gasteiger partial charge on any atom is -0.495 e. The molecule has 0 heterocycles. The van der Waals surface area contributed by atoms with E-state index in [1.807, 2.05) is 12.1 Å². The molecular formula is C18H14Br2N2O4S. The second-order valence-corrected chi connectivity index (χ2v) is 7.35. The summed E-state index contributed by atoms with van der Waals surface area (Å²) >= 11 is 11.9. The number of methoxy groups -OCH3 is 1. The van der Waals surface area contributed by atoms with E-state index in [4.69, 9.17) is 22.1 Å². The summed E-state index contributed by atoms with van der Waals surface area (Å²) in [5.74, 6) is -0.841. The number of thiocarbonyl (C=S) groups is 1. The molecule has 0 spiro atoms. The minimum absolute atomic E-state index is 0.0927. The van der Waals surface area contributed by atoms with Crippen molar-refractivity contribution in [3.8, 4) is 5.75 Å². The van der Waals surface area contributed by atoms with E-state index in [9.17, 15) is 9.59 Å². The second kappa shape index (κ2) is 9.63. The fourth-order valence-corrected chi connectivity index (χ4v) is 3.74. The number of nitrogens with one attached hydrogen (secondary N) is 2. The van der Waals surface area contributed by atoms with Crippen LogP contribution in [0.3, 0.4) is 0 Å². The molecule has 3 N–H and O–H groups in total. The molecule has 0 aliphatic carbocycles. The van der Waals surface area contributed by atoms with Crippen molar-refractivity contribution in [3.63, 3.8) is 0 Å². The maximum atomic E-state index is 12.1. The SMILES string of the molecule is COc1c(Br)cc(Br)cc1C=CC(=O)NC(=S)Nc1ccc(C(=O)O)cc1. The number of halogens is 2. The average molecular weight is 514 g/mol. The van der Waals surface area contributed by atoms with Gasteiger partial charge in [0.2, 0.25) is 5.91 Å². The largest absolute Gasteiger partial charge is 0.495 e. The molecule has 0 aliphatic rings. The highest BCUT2D eigenvalue weighted by Gasteiger charge is 2.08. The van der Waals surface area contributed by atoms with Crippen molar-refractivity contribution in [2.45, 2.75) is 0 Å². The molecule has 0 bridgehead atoms. The molecule has 2 aromatic carbocycles. The number of aromatic carboxylic acids is 1. The van der Waals surface area contributed by atoms with Crippen molar-refractivity contribution in [2.75, 3.05) is 12.4 Å². The lowest BCUT2D eigenvalue weighted by atomic mass is 10.2. The van der Waals surface area contributed by atoms with Crippen LogP contribution in [0.25, 0.3) is 6.08 Å². The van der Waals surface area contributed by atoms with Gasteiger partial charge in [0.1, 0.15) is 5.75 Å². The smallest absolute Gasteiger partial charge is 0.335 e. The summed E-state index contributed by atoms with van der Waals surface area (Å²) in [7, 11) is 1.54. The fourth-order valence-electron chi connectivity index (χ4n) is 2.10. The molecule has 27 heavy (non-hydrogen) atoms. The van der Waals surface area contributed by atoms with Crippen LogP contribution in [-0.4, -0.2) is 29.2 Å². The molecule has 9 heteroatoms. The van der Waals surface area contributed by atoms with Gasteiger partial charge in [-0.3, -0.25) is 10.1 Å². The number of carboxylic acids is 1. The Balaban J connectivity index is 2.00. The van der Waals surface area contributed by atoms with Crippen LogP contribution in [0.5, 0.6) is 5.75 Å². The topological polar surface area (TPSA) is 87.7 Å². The zero-order valence-electron chi connectivity index (χ0n) is 14.0. The van der Waals surface area contributed by atoms with Gasteiger partial charge in [-0.1, -0.05) is 15.9 Å². The predicted octanol–water partition coefficient (Wildman–Crippen LogP) is 4.44. The highest BCUT2D eigenvalue weighted by atomic mass is 79.9. The molecule has 2 aromatic rings. The van der Waals surface area contributed by atoms with Gasteiger partial charge < -0.3 is 15.2 Å². The van der Waals surface area contributed by atoms with E-state index in [1.165, 1.54) is 18.2 Å². The van der Waals surface area contributed by atoms with E-state index in [0.717, 1.165) is 8.95 Å². The Bertz CT molecular complexity index is 914. The van der Waals surface area contributed by atoms with E-state index in [0.29, 0.717) is 17.0 Å². The van der Waals surface area contributed by atoms with Crippen molar-refractivity contribution in [1.29, 1.82) is 0 Å². The molecule has 0 aromatic heterocycles. The highest BCUT2D eigenvalue weighted by Crippen LogP contribution is 2.33. The van der Waals surface area contributed by atoms with Gasteiger partial charge in [-0.15, -0.1) is 0 Å². The number of hydrogen-bond acceptors (Lipinski definition) is 4. The Morgan fingerprint density at radius 2 is 1.85 bits per heavy atom. The summed E-state index contributed by atoms with van der Waals surface area (Å²) < 4.78 is 6.90. The van der Waals surface area contributed by atoms with Gasteiger partial charge in [-0.05, 0) is 70.6 Å². The van der Waals surface area contributed by atoms with Crippen molar-refractivity contribution < 1.29 is 19.4 Å². The third-order valence-electron chi connectivity index (χ3n) is 3.28. The molecule has 0 saturated carbocycles. The summed E-state index contributed by atoms with van der Waals surface area (Å²) in [5.41, 5.74) is 1.43. The Hall–Kier alpha value is -2.23. The van der Waals surface area contributed by atoms with E-state index in [-0.39, 0.29) is 10.7 Å². The van der Waals surface area contributed by atoms with Crippen molar-refractivity contribution in [1.82, 2.24) is 5.32 Å². The van der Waals surface area contributed by atoms with Crippen LogP contribution in [0.2, 0.25) is 0 Å². The number of carboxylic acid groups (broad SMARTS) is 1. The molecule has 2 rings (SSSR count). The van der Waals surface area contributed by atoms with Gasteiger partial charge >= 0.3 is 5.97 Å². The number of carbonyl (C=O) groups excluding carboxylic acids is 1. The Labute approximate surface area is 177 Å². The molecule has 0 radical (unpaired) electrons.